The van der Waals surface area contributed by atoms with E-state index in [-0.39, 0.29) is 24.7 Å². The Balaban J connectivity index is 1.73. The van der Waals surface area contributed by atoms with Crippen molar-refractivity contribution in [2.75, 3.05) is 19.0 Å². The maximum atomic E-state index is 11.8. The lowest BCUT2D eigenvalue weighted by Crippen LogP contribution is -2.31. The van der Waals surface area contributed by atoms with Gasteiger partial charge >= 0.3 is 5.97 Å². The molecule has 0 aromatic heterocycles. The molecule has 5 heteroatoms. The van der Waals surface area contributed by atoms with Crippen molar-refractivity contribution in [2.45, 2.75) is 37.9 Å². The summed E-state index contributed by atoms with van der Waals surface area (Å²) in [6, 6.07) is 7.22. The quantitative estimate of drug-likeness (QED) is 0.848. The zero-order chi connectivity index (χ0) is 14.4. The molecule has 0 spiro atoms. The minimum atomic E-state index is -0.235. The first-order chi connectivity index (χ1) is 9.67. The molecule has 1 N–H and O–H groups in total. The van der Waals surface area contributed by atoms with Crippen molar-refractivity contribution >= 4 is 23.3 Å². The Hall–Kier alpha value is -1.26. The van der Waals surface area contributed by atoms with Gasteiger partial charge < -0.3 is 14.8 Å². The van der Waals surface area contributed by atoms with E-state index in [0.29, 0.717) is 5.02 Å². The van der Waals surface area contributed by atoms with Gasteiger partial charge in [0.1, 0.15) is 12.6 Å². The summed E-state index contributed by atoms with van der Waals surface area (Å²) in [4.78, 5) is 11.8. The summed E-state index contributed by atoms with van der Waals surface area (Å²) in [6.45, 7) is 0.162. The van der Waals surface area contributed by atoms with Gasteiger partial charge in [-0.15, -0.1) is 0 Å². The van der Waals surface area contributed by atoms with Crippen molar-refractivity contribution in [3.63, 3.8) is 0 Å². The molecule has 0 heterocycles. The van der Waals surface area contributed by atoms with E-state index in [0.717, 1.165) is 31.4 Å². The van der Waals surface area contributed by atoms with Crippen LogP contribution in [0, 0.1) is 0 Å². The van der Waals surface area contributed by atoms with E-state index in [2.05, 4.69) is 5.32 Å². The molecular formula is C15H20ClNO3. The first-order valence-electron chi connectivity index (χ1n) is 6.89. The predicted molar refractivity (Wildman–Crippen MR) is 79.1 cm³/mol. The lowest BCUT2D eigenvalue weighted by Gasteiger charge is -2.27. The van der Waals surface area contributed by atoms with E-state index >= 15 is 0 Å². The Morgan fingerprint density at radius 3 is 2.70 bits per heavy atom. The van der Waals surface area contributed by atoms with Crippen LogP contribution in [0.2, 0.25) is 5.02 Å². The number of esters is 1. The van der Waals surface area contributed by atoms with Crippen LogP contribution in [0.4, 0.5) is 5.69 Å². The summed E-state index contributed by atoms with van der Waals surface area (Å²) >= 11 is 5.80. The fourth-order valence-electron chi connectivity index (χ4n) is 2.39. The molecule has 0 bridgehead atoms. The van der Waals surface area contributed by atoms with Gasteiger partial charge in [-0.05, 0) is 43.5 Å². The molecule has 2 rings (SSSR count). The van der Waals surface area contributed by atoms with Gasteiger partial charge in [-0.2, -0.15) is 0 Å². The summed E-state index contributed by atoms with van der Waals surface area (Å²) in [5.41, 5.74) is 0.852. The molecule has 1 aromatic carbocycles. The number of nitrogens with one attached hydrogen (secondary N) is 1. The average Bonchev–Trinajstić information content (AvgIpc) is 2.47. The number of hydrogen-bond acceptors (Lipinski definition) is 4. The highest BCUT2D eigenvalue weighted by Gasteiger charge is 2.24. The van der Waals surface area contributed by atoms with Crippen molar-refractivity contribution in [1.82, 2.24) is 0 Å². The number of anilines is 1. The van der Waals surface area contributed by atoms with Crippen LogP contribution in [-0.2, 0) is 14.3 Å². The van der Waals surface area contributed by atoms with Crippen LogP contribution in [0.15, 0.2) is 24.3 Å². The van der Waals surface area contributed by atoms with Crippen molar-refractivity contribution in [1.29, 1.82) is 0 Å². The maximum absolute atomic E-state index is 11.8. The predicted octanol–water partition coefficient (Wildman–Crippen LogP) is 3.25. The van der Waals surface area contributed by atoms with E-state index in [4.69, 9.17) is 21.1 Å². The number of rotatable bonds is 5. The Kier molecular flexibility index (Phi) is 5.68. The second-order valence-corrected chi connectivity index (χ2v) is 5.43. The van der Waals surface area contributed by atoms with Gasteiger partial charge in [-0.25, -0.2) is 0 Å². The van der Waals surface area contributed by atoms with E-state index in [1.54, 1.807) is 19.2 Å². The second kappa shape index (κ2) is 7.50. The fraction of sp³-hybridized carbons (Fsp3) is 0.533. The molecule has 4 nitrogen and oxygen atoms in total. The first kappa shape index (κ1) is 15.1. The zero-order valence-electron chi connectivity index (χ0n) is 11.6. The molecule has 2 unspecified atom stereocenters. The molecule has 1 aliphatic carbocycles. The highest BCUT2D eigenvalue weighted by Crippen LogP contribution is 2.23. The molecule has 20 heavy (non-hydrogen) atoms. The highest BCUT2D eigenvalue weighted by atomic mass is 35.5. The molecular weight excluding hydrogens is 278 g/mol. The molecule has 2 atom stereocenters. The number of methoxy groups -OCH3 is 1. The normalized spacial score (nSPS) is 22.3. The largest absolute Gasteiger partial charge is 0.461 e. The smallest absolute Gasteiger partial charge is 0.325 e. The number of ether oxygens (including phenoxy) is 2. The van der Waals surface area contributed by atoms with Crippen LogP contribution >= 0.6 is 11.6 Å². The minimum absolute atomic E-state index is 0.0202. The van der Waals surface area contributed by atoms with Crippen molar-refractivity contribution < 1.29 is 14.3 Å². The third-order valence-electron chi connectivity index (χ3n) is 3.49. The van der Waals surface area contributed by atoms with Gasteiger partial charge in [-0.3, -0.25) is 4.79 Å². The zero-order valence-corrected chi connectivity index (χ0v) is 12.4. The Morgan fingerprint density at radius 1 is 1.30 bits per heavy atom. The topological polar surface area (TPSA) is 47.6 Å². The summed E-state index contributed by atoms with van der Waals surface area (Å²) in [5.74, 6) is -0.235. The monoisotopic (exact) mass is 297 g/mol. The van der Waals surface area contributed by atoms with Crippen LogP contribution < -0.4 is 5.32 Å². The van der Waals surface area contributed by atoms with E-state index in [1.807, 2.05) is 12.1 Å². The first-order valence-corrected chi connectivity index (χ1v) is 7.27. The van der Waals surface area contributed by atoms with Gasteiger partial charge in [0.2, 0.25) is 0 Å². The SMILES string of the molecule is COC1CCCC(OC(=O)CNc2ccc(Cl)cc2)C1. The average molecular weight is 298 g/mol. The third-order valence-corrected chi connectivity index (χ3v) is 3.74. The van der Waals surface area contributed by atoms with Gasteiger partial charge in [0.05, 0.1) is 6.10 Å². The molecule has 1 saturated carbocycles. The number of carbonyl (C=O) groups is 1. The summed E-state index contributed by atoms with van der Waals surface area (Å²) in [6.07, 6.45) is 4.00. The van der Waals surface area contributed by atoms with E-state index < -0.39 is 0 Å². The molecule has 1 aromatic rings. The molecule has 0 aliphatic heterocycles. The van der Waals surface area contributed by atoms with Crippen LogP contribution in [0.25, 0.3) is 0 Å². The minimum Gasteiger partial charge on any atom is -0.461 e. The molecule has 110 valence electrons. The Bertz CT molecular complexity index is 435. The van der Waals surface area contributed by atoms with Gasteiger partial charge in [0, 0.05) is 24.2 Å². The van der Waals surface area contributed by atoms with Crippen LogP contribution in [0.3, 0.4) is 0 Å². The molecule has 0 saturated heterocycles. The summed E-state index contributed by atoms with van der Waals surface area (Å²) < 4.78 is 10.8. The molecule has 1 aliphatic rings. The van der Waals surface area contributed by atoms with Gasteiger partial charge in [0.15, 0.2) is 0 Å². The van der Waals surface area contributed by atoms with Crippen LogP contribution in [-0.4, -0.2) is 31.8 Å². The Morgan fingerprint density at radius 2 is 2.00 bits per heavy atom. The number of benzene rings is 1. The molecule has 1 fully saturated rings. The second-order valence-electron chi connectivity index (χ2n) is 5.00. The lowest BCUT2D eigenvalue weighted by molar-refractivity contribution is -0.150. The highest BCUT2D eigenvalue weighted by molar-refractivity contribution is 6.30. The van der Waals surface area contributed by atoms with Crippen LogP contribution in [0.1, 0.15) is 25.7 Å². The number of halogens is 1. The standard InChI is InChI=1S/C15H20ClNO3/c1-19-13-3-2-4-14(9-13)20-15(18)10-17-12-7-5-11(16)6-8-12/h5-8,13-14,17H,2-4,9-10H2,1H3. The van der Waals surface area contributed by atoms with Gasteiger partial charge in [0.25, 0.3) is 0 Å². The van der Waals surface area contributed by atoms with Crippen molar-refractivity contribution in [2.24, 2.45) is 0 Å². The fourth-order valence-corrected chi connectivity index (χ4v) is 2.52. The van der Waals surface area contributed by atoms with Crippen molar-refractivity contribution in [3.05, 3.63) is 29.3 Å². The van der Waals surface area contributed by atoms with Crippen LogP contribution in [0.5, 0.6) is 0 Å². The van der Waals surface area contributed by atoms with E-state index in [1.165, 1.54) is 0 Å². The number of hydrogen-bond donors (Lipinski definition) is 1. The maximum Gasteiger partial charge on any atom is 0.325 e. The summed E-state index contributed by atoms with van der Waals surface area (Å²) in [5, 5.41) is 3.69. The lowest BCUT2D eigenvalue weighted by atomic mass is 9.95. The molecule has 0 radical (unpaired) electrons. The summed E-state index contributed by atoms with van der Waals surface area (Å²) in [7, 11) is 1.71. The number of carbonyl (C=O) groups excluding carboxylic acids is 1. The van der Waals surface area contributed by atoms with Gasteiger partial charge in [-0.1, -0.05) is 11.6 Å². The molecule has 0 amide bonds. The third kappa shape index (κ3) is 4.69. The Labute approximate surface area is 124 Å². The van der Waals surface area contributed by atoms with E-state index in [9.17, 15) is 4.79 Å². The van der Waals surface area contributed by atoms with Crippen molar-refractivity contribution in [3.8, 4) is 0 Å².